The molecule has 0 saturated heterocycles. The first-order valence-electron chi connectivity index (χ1n) is 6.61. The summed E-state index contributed by atoms with van der Waals surface area (Å²) in [5.74, 6) is 0.878. The van der Waals surface area contributed by atoms with Gasteiger partial charge in [0, 0.05) is 26.2 Å². The summed E-state index contributed by atoms with van der Waals surface area (Å²) in [4.78, 5) is 0. The van der Waals surface area contributed by atoms with Crippen molar-refractivity contribution in [2.45, 2.75) is 26.5 Å². The third kappa shape index (κ3) is 6.92. The first kappa shape index (κ1) is 16.4. The summed E-state index contributed by atoms with van der Waals surface area (Å²) in [6, 6.07) is 6.13. The van der Waals surface area contributed by atoms with E-state index in [-0.39, 0.29) is 12.7 Å². The molecule has 0 aliphatic heterocycles. The first-order chi connectivity index (χ1) is 9.13. The van der Waals surface area contributed by atoms with Crippen molar-refractivity contribution in [2.24, 2.45) is 0 Å². The second kappa shape index (κ2) is 9.31. The molecule has 0 aromatic heterocycles. The molecule has 0 radical (unpaired) electrons. The summed E-state index contributed by atoms with van der Waals surface area (Å²) in [6.07, 6.45) is 0.179. The van der Waals surface area contributed by atoms with E-state index in [1.54, 1.807) is 0 Å². The fraction of sp³-hybridized carbons (Fsp3) is 0.571. The molecule has 0 amide bonds. The van der Waals surface area contributed by atoms with Gasteiger partial charge in [0.15, 0.2) is 0 Å². The Hall–Kier alpha value is -0.620. The van der Waals surface area contributed by atoms with Gasteiger partial charge in [-0.2, -0.15) is 0 Å². The van der Waals surface area contributed by atoms with E-state index in [1.807, 2.05) is 19.9 Å². The lowest BCUT2D eigenvalue weighted by atomic mass is 10.2. The maximum absolute atomic E-state index is 8.62. The molecule has 1 rings (SSSR count). The number of rotatable bonds is 9. The number of nitrogens with one attached hydrogen (secondary N) is 2. The SMILES string of the molecule is CC(C)Oc1ccc(CNCCNCCO)cc1Br. The topological polar surface area (TPSA) is 53.5 Å². The zero-order valence-electron chi connectivity index (χ0n) is 11.6. The number of aliphatic hydroxyl groups excluding tert-OH is 1. The second-order valence-electron chi connectivity index (χ2n) is 4.58. The predicted octanol–water partition coefficient (Wildman–Crippen LogP) is 1.91. The van der Waals surface area contributed by atoms with E-state index in [9.17, 15) is 0 Å². The van der Waals surface area contributed by atoms with Crippen LogP contribution in [0, 0.1) is 0 Å². The molecular weight excluding hydrogens is 308 g/mol. The van der Waals surface area contributed by atoms with Crippen LogP contribution in [0.5, 0.6) is 5.75 Å². The highest BCUT2D eigenvalue weighted by molar-refractivity contribution is 9.10. The van der Waals surface area contributed by atoms with Crippen LogP contribution in [-0.4, -0.2) is 37.5 Å². The minimum Gasteiger partial charge on any atom is -0.490 e. The Balaban J connectivity index is 2.33. The summed E-state index contributed by atoms with van der Waals surface area (Å²) < 4.78 is 6.65. The fourth-order valence-corrected chi connectivity index (χ4v) is 2.14. The zero-order chi connectivity index (χ0) is 14.1. The van der Waals surface area contributed by atoms with Gasteiger partial charge in [-0.1, -0.05) is 6.07 Å². The van der Waals surface area contributed by atoms with Crippen molar-refractivity contribution in [3.8, 4) is 5.75 Å². The monoisotopic (exact) mass is 330 g/mol. The van der Waals surface area contributed by atoms with Crippen LogP contribution < -0.4 is 15.4 Å². The van der Waals surface area contributed by atoms with Gasteiger partial charge in [-0.25, -0.2) is 0 Å². The van der Waals surface area contributed by atoms with Gasteiger partial charge >= 0.3 is 0 Å². The molecule has 1 aromatic rings. The third-order valence-electron chi connectivity index (χ3n) is 2.46. The molecule has 3 N–H and O–H groups in total. The molecule has 5 heteroatoms. The maximum atomic E-state index is 8.62. The van der Waals surface area contributed by atoms with Crippen LogP contribution in [0.25, 0.3) is 0 Å². The predicted molar refractivity (Wildman–Crippen MR) is 81.6 cm³/mol. The molecule has 0 unspecified atom stereocenters. The Morgan fingerprint density at radius 2 is 1.95 bits per heavy atom. The Bertz CT molecular complexity index is 372. The minimum absolute atomic E-state index is 0.179. The van der Waals surface area contributed by atoms with E-state index >= 15 is 0 Å². The van der Waals surface area contributed by atoms with Crippen molar-refractivity contribution < 1.29 is 9.84 Å². The number of aliphatic hydroxyl groups is 1. The molecule has 0 spiro atoms. The van der Waals surface area contributed by atoms with Gasteiger partial charge < -0.3 is 20.5 Å². The summed E-state index contributed by atoms with van der Waals surface area (Å²) in [6.45, 7) is 7.42. The summed E-state index contributed by atoms with van der Waals surface area (Å²) >= 11 is 3.53. The largest absolute Gasteiger partial charge is 0.490 e. The van der Waals surface area contributed by atoms with E-state index < -0.39 is 0 Å². The molecule has 0 heterocycles. The quantitative estimate of drug-likeness (QED) is 0.605. The third-order valence-corrected chi connectivity index (χ3v) is 3.07. The molecule has 0 saturated carbocycles. The molecule has 19 heavy (non-hydrogen) atoms. The zero-order valence-corrected chi connectivity index (χ0v) is 13.2. The minimum atomic E-state index is 0.179. The lowest BCUT2D eigenvalue weighted by Gasteiger charge is -2.13. The van der Waals surface area contributed by atoms with Crippen LogP contribution in [0.15, 0.2) is 22.7 Å². The standard InChI is InChI=1S/C14H23BrN2O2/c1-11(2)19-14-4-3-12(9-13(14)15)10-17-6-5-16-7-8-18/h3-4,9,11,16-18H,5-8,10H2,1-2H3. The number of hydrogen-bond donors (Lipinski definition) is 3. The van der Waals surface area contributed by atoms with Crippen LogP contribution in [0.2, 0.25) is 0 Å². The Kier molecular flexibility index (Phi) is 8.05. The summed E-state index contributed by atoms with van der Waals surface area (Å²) in [7, 11) is 0. The van der Waals surface area contributed by atoms with Crippen molar-refractivity contribution in [2.75, 3.05) is 26.2 Å². The lowest BCUT2D eigenvalue weighted by Crippen LogP contribution is -2.28. The van der Waals surface area contributed by atoms with Crippen LogP contribution in [0.1, 0.15) is 19.4 Å². The number of ether oxygens (including phenoxy) is 1. The summed E-state index contributed by atoms with van der Waals surface area (Å²) in [5, 5.41) is 15.1. The molecule has 0 bridgehead atoms. The van der Waals surface area contributed by atoms with E-state index in [0.29, 0.717) is 6.54 Å². The van der Waals surface area contributed by atoms with Gasteiger partial charge in [0.05, 0.1) is 17.2 Å². The Morgan fingerprint density at radius 3 is 2.58 bits per heavy atom. The first-order valence-corrected chi connectivity index (χ1v) is 7.40. The molecule has 0 aliphatic rings. The highest BCUT2D eigenvalue weighted by Gasteiger charge is 2.04. The van der Waals surface area contributed by atoms with Crippen LogP contribution in [-0.2, 0) is 6.54 Å². The average molecular weight is 331 g/mol. The molecular formula is C14H23BrN2O2. The van der Waals surface area contributed by atoms with Crippen LogP contribution in [0.3, 0.4) is 0 Å². The van der Waals surface area contributed by atoms with Crippen LogP contribution in [0.4, 0.5) is 0 Å². The average Bonchev–Trinajstić information content (AvgIpc) is 2.36. The van der Waals surface area contributed by atoms with Gasteiger partial charge in [-0.15, -0.1) is 0 Å². The van der Waals surface area contributed by atoms with Crippen molar-refractivity contribution in [3.63, 3.8) is 0 Å². The molecule has 0 aliphatic carbocycles. The maximum Gasteiger partial charge on any atom is 0.133 e. The fourth-order valence-electron chi connectivity index (χ4n) is 1.62. The molecule has 1 aromatic carbocycles. The van der Waals surface area contributed by atoms with Crippen molar-refractivity contribution in [1.29, 1.82) is 0 Å². The second-order valence-corrected chi connectivity index (χ2v) is 5.44. The highest BCUT2D eigenvalue weighted by Crippen LogP contribution is 2.26. The number of halogens is 1. The van der Waals surface area contributed by atoms with E-state index in [2.05, 4.69) is 38.7 Å². The Morgan fingerprint density at radius 1 is 1.21 bits per heavy atom. The van der Waals surface area contributed by atoms with E-state index in [1.165, 1.54) is 5.56 Å². The van der Waals surface area contributed by atoms with Gasteiger partial charge in [0.2, 0.25) is 0 Å². The van der Waals surface area contributed by atoms with Gasteiger partial charge in [-0.05, 0) is 47.5 Å². The van der Waals surface area contributed by atoms with Gasteiger partial charge in [0.25, 0.3) is 0 Å². The van der Waals surface area contributed by atoms with Crippen molar-refractivity contribution >= 4 is 15.9 Å². The van der Waals surface area contributed by atoms with E-state index in [0.717, 1.165) is 29.9 Å². The van der Waals surface area contributed by atoms with Gasteiger partial charge in [0.1, 0.15) is 5.75 Å². The molecule has 4 nitrogen and oxygen atoms in total. The van der Waals surface area contributed by atoms with Crippen molar-refractivity contribution in [3.05, 3.63) is 28.2 Å². The summed E-state index contributed by atoms with van der Waals surface area (Å²) in [5.41, 5.74) is 1.21. The molecule has 108 valence electrons. The number of hydrogen-bond acceptors (Lipinski definition) is 4. The molecule has 0 fully saturated rings. The Labute approximate surface area is 123 Å². The number of benzene rings is 1. The normalized spacial score (nSPS) is 11.0. The van der Waals surface area contributed by atoms with Crippen LogP contribution >= 0.6 is 15.9 Å². The van der Waals surface area contributed by atoms with Gasteiger partial charge in [-0.3, -0.25) is 0 Å². The smallest absolute Gasteiger partial charge is 0.133 e. The van der Waals surface area contributed by atoms with Crippen molar-refractivity contribution in [1.82, 2.24) is 10.6 Å². The van der Waals surface area contributed by atoms with E-state index in [4.69, 9.17) is 9.84 Å². The highest BCUT2D eigenvalue weighted by atomic mass is 79.9. The lowest BCUT2D eigenvalue weighted by molar-refractivity contribution is 0.241. The molecule has 0 atom stereocenters.